The molecule has 0 unspecified atom stereocenters. The van der Waals surface area contributed by atoms with Gasteiger partial charge in [-0.25, -0.2) is 5.43 Å². The van der Waals surface area contributed by atoms with E-state index in [0.717, 1.165) is 19.6 Å². The molecule has 3 aromatic rings. The van der Waals surface area contributed by atoms with Gasteiger partial charge in [-0.3, -0.25) is 4.79 Å². The standard InChI is InChI=1S/C25H22N2O2S2/c1-2-10-19-11-9-12-20(25(19)29)18-26-27-23(28)17-24(30-21-13-5-3-6-14-21)31-22-15-7-4-8-16-22/h2-9,11-18,29H,1,10H2,(H,27,28)/b26-18+. The largest absolute Gasteiger partial charge is 0.507 e. The molecule has 156 valence electrons. The molecule has 0 aliphatic rings. The van der Waals surface area contributed by atoms with E-state index < -0.39 is 0 Å². The van der Waals surface area contributed by atoms with E-state index in [1.165, 1.54) is 35.8 Å². The molecular weight excluding hydrogens is 424 g/mol. The molecule has 0 aliphatic heterocycles. The number of rotatable bonds is 9. The molecule has 0 saturated carbocycles. The van der Waals surface area contributed by atoms with Crippen molar-refractivity contribution < 1.29 is 9.90 Å². The van der Waals surface area contributed by atoms with Crippen molar-refractivity contribution in [1.29, 1.82) is 0 Å². The third-order valence-corrected chi connectivity index (χ3v) is 6.22. The number of hydrogen-bond donors (Lipinski definition) is 2. The summed E-state index contributed by atoms with van der Waals surface area (Å²) in [6.45, 7) is 3.69. The van der Waals surface area contributed by atoms with E-state index in [-0.39, 0.29) is 11.7 Å². The monoisotopic (exact) mass is 446 g/mol. The Kier molecular flexibility index (Phi) is 8.58. The first-order chi connectivity index (χ1) is 15.2. The van der Waals surface area contributed by atoms with Crippen LogP contribution < -0.4 is 5.43 Å². The average molecular weight is 447 g/mol. The van der Waals surface area contributed by atoms with Crippen LogP contribution in [0.4, 0.5) is 0 Å². The summed E-state index contributed by atoms with van der Waals surface area (Å²) in [6, 6.07) is 25.1. The number of carbonyl (C=O) groups is 1. The van der Waals surface area contributed by atoms with Gasteiger partial charge in [-0.2, -0.15) is 5.10 Å². The number of nitrogens with zero attached hydrogens (tertiary/aromatic N) is 1. The Labute approximate surface area is 190 Å². The second kappa shape index (κ2) is 11.8. The van der Waals surface area contributed by atoms with Crippen molar-refractivity contribution in [3.05, 3.63) is 113 Å². The van der Waals surface area contributed by atoms with Gasteiger partial charge < -0.3 is 5.11 Å². The molecule has 0 radical (unpaired) electrons. The van der Waals surface area contributed by atoms with Gasteiger partial charge >= 0.3 is 0 Å². The molecule has 3 rings (SSSR count). The first-order valence-electron chi connectivity index (χ1n) is 9.58. The summed E-state index contributed by atoms with van der Waals surface area (Å²) in [5.41, 5.74) is 3.79. The number of amides is 1. The lowest BCUT2D eigenvalue weighted by molar-refractivity contribution is -0.116. The highest BCUT2D eigenvalue weighted by Crippen LogP contribution is 2.38. The van der Waals surface area contributed by atoms with Crippen molar-refractivity contribution in [3.63, 3.8) is 0 Å². The molecule has 0 spiro atoms. The predicted molar refractivity (Wildman–Crippen MR) is 130 cm³/mol. The first kappa shape index (κ1) is 22.5. The number of allylic oxidation sites excluding steroid dienone is 1. The third kappa shape index (κ3) is 7.20. The number of carbonyl (C=O) groups excluding carboxylic acids is 1. The molecule has 2 N–H and O–H groups in total. The van der Waals surface area contributed by atoms with E-state index in [0.29, 0.717) is 12.0 Å². The Hall–Kier alpha value is -3.22. The van der Waals surface area contributed by atoms with E-state index in [2.05, 4.69) is 17.1 Å². The van der Waals surface area contributed by atoms with Crippen molar-refractivity contribution >= 4 is 35.6 Å². The molecular formula is C25H22N2O2S2. The third-order valence-electron chi connectivity index (χ3n) is 4.07. The zero-order valence-corrected chi connectivity index (χ0v) is 18.4. The van der Waals surface area contributed by atoms with Crippen molar-refractivity contribution in [3.8, 4) is 5.75 Å². The van der Waals surface area contributed by atoms with Gasteiger partial charge in [0.25, 0.3) is 5.91 Å². The fraction of sp³-hybridized carbons (Fsp3) is 0.0400. The maximum absolute atomic E-state index is 12.5. The Bertz CT molecular complexity index is 1040. The molecule has 0 aromatic heterocycles. The molecule has 0 saturated heterocycles. The van der Waals surface area contributed by atoms with E-state index in [1.54, 1.807) is 12.1 Å². The molecule has 31 heavy (non-hydrogen) atoms. The summed E-state index contributed by atoms with van der Waals surface area (Å²) in [5, 5.41) is 14.3. The van der Waals surface area contributed by atoms with Crippen molar-refractivity contribution in [2.24, 2.45) is 5.10 Å². The van der Waals surface area contributed by atoms with Crippen molar-refractivity contribution in [2.75, 3.05) is 0 Å². The molecule has 0 aliphatic carbocycles. The average Bonchev–Trinajstić information content (AvgIpc) is 2.78. The minimum Gasteiger partial charge on any atom is -0.507 e. The normalized spacial score (nSPS) is 10.6. The van der Waals surface area contributed by atoms with Crippen LogP contribution in [0, 0.1) is 0 Å². The fourth-order valence-electron chi connectivity index (χ4n) is 2.63. The van der Waals surface area contributed by atoms with Gasteiger partial charge in [-0.15, -0.1) is 6.58 Å². The van der Waals surface area contributed by atoms with E-state index in [1.807, 2.05) is 72.8 Å². The van der Waals surface area contributed by atoms with Crippen LogP contribution in [0.15, 0.2) is 117 Å². The minimum atomic E-state index is -0.347. The van der Waals surface area contributed by atoms with E-state index in [9.17, 15) is 9.90 Å². The highest BCUT2D eigenvalue weighted by atomic mass is 32.2. The Balaban J connectivity index is 1.72. The summed E-state index contributed by atoms with van der Waals surface area (Å²) < 4.78 is 0.820. The highest BCUT2D eigenvalue weighted by molar-refractivity contribution is 8.22. The number of aromatic hydroxyl groups is 1. The molecule has 6 heteroatoms. The number of phenols is 1. The second-order valence-electron chi connectivity index (χ2n) is 6.38. The quantitative estimate of drug-likeness (QED) is 0.139. The highest BCUT2D eigenvalue weighted by Gasteiger charge is 2.08. The topological polar surface area (TPSA) is 61.7 Å². The van der Waals surface area contributed by atoms with Crippen LogP contribution in [-0.4, -0.2) is 17.2 Å². The summed E-state index contributed by atoms with van der Waals surface area (Å²) in [5.74, 6) is -0.212. The summed E-state index contributed by atoms with van der Waals surface area (Å²) in [4.78, 5) is 14.6. The number of hydrazone groups is 1. The van der Waals surface area contributed by atoms with Gasteiger partial charge in [0.2, 0.25) is 0 Å². The summed E-state index contributed by atoms with van der Waals surface area (Å²) in [7, 11) is 0. The predicted octanol–water partition coefficient (Wildman–Crippen LogP) is 6.00. The zero-order valence-electron chi connectivity index (χ0n) is 16.8. The minimum absolute atomic E-state index is 0.135. The van der Waals surface area contributed by atoms with Crippen LogP contribution in [-0.2, 0) is 11.2 Å². The lowest BCUT2D eigenvalue weighted by Crippen LogP contribution is -2.14. The lowest BCUT2D eigenvalue weighted by atomic mass is 10.1. The molecule has 0 heterocycles. The lowest BCUT2D eigenvalue weighted by Gasteiger charge is -2.07. The molecule has 1 amide bonds. The SMILES string of the molecule is C=CCc1cccc(/C=N/NC(=O)C=C(Sc2ccccc2)Sc2ccccc2)c1O. The number of benzene rings is 3. The van der Waals surface area contributed by atoms with Crippen LogP contribution in [0.25, 0.3) is 0 Å². The smallest absolute Gasteiger partial charge is 0.265 e. The van der Waals surface area contributed by atoms with Gasteiger partial charge in [0.1, 0.15) is 5.75 Å². The van der Waals surface area contributed by atoms with E-state index in [4.69, 9.17) is 0 Å². The van der Waals surface area contributed by atoms with Crippen LogP contribution in [0.3, 0.4) is 0 Å². The van der Waals surface area contributed by atoms with Crippen LogP contribution in [0.1, 0.15) is 11.1 Å². The van der Waals surface area contributed by atoms with Crippen LogP contribution in [0.2, 0.25) is 0 Å². The Morgan fingerprint density at radius 3 is 2.13 bits per heavy atom. The summed E-state index contributed by atoms with van der Waals surface area (Å²) >= 11 is 3.03. The zero-order chi connectivity index (χ0) is 21.9. The number of phenolic OH excluding ortho intramolecular Hbond substituents is 1. The van der Waals surface area contributed by atoms with Gasteiger partial charge in [0.15, 0.2) is 0 Å². The first-order valence-corrected chi connectivity index (χ1v) is 11.2. The van der Waals surface area contributed by atoms with Gasteiger partial charge in [0, 0.05) is 21.4 Å². The van der Waals surface area contributed by atoms with Gasteiger partial charge in [0.05, 0.1) is 10.5 Å². The van der Waals surface area contributed by atoms with Gasteiger partial charge in [-0.05, 0) is 42.3 Å². The van der Waals surface area contributed by atoms with Crippen LogP contribution in [0.5, 0.6) is 5.75 Å². The Morgan fingerprint density at radius 2 is 1.55 bits per heavy atom. The molecule has 0 fully saturated rings. The maximum atomic E-state index is 12.5. The second-order valence-corrected chi connectivity index (χ2v) is 8.86. The van der Waals surface area contributed by atoms with E-state index >= 15 is 0 Å². The fourth-order valence-corrected chi connectivity index (χ4v) is 4.76. The maximum Gasteiger partial charge on any atom is 0.265 e. The Morgan fingerprint density at radius 1 is 0.935 bits per heavy atom. The van der Waals surface area contributed by atoms with Crippen molar-refractivity contribution in [2.45, 2.75) is 16.2 Å². The molecule has 3 aromatic carbocycles. The number of hydrogen-bond acceptors (Lipinski definition) is 5. The summed E-state index contributed by atoms with van der Waals surface area (Å²) in [6.07, 6.45) is 5.24. The van der Waals surface area contributed by atoms with Crippen molar-refractivity contribution in [1.82, 2.24) is 5.43 Å². The number of thioether (sulfide) groups is 2. The number of para-hydroxylation sites is 1. The van der Waals surface area contributed by atoms with Crippen LogP contribution >= 0.6 is 23.5 Å². The van der Waals surface area contributed by atoms with Gasteiger partial charge in [-0.1, -0.05) is 78.1 Å². The molecule has 4 nitrogen and oxygen atoms in total. The molecule has 0 bridgehead atoms. The molecule has 0 atom stereocenters. The number of nitrogens with one attached hydrogen (secondary N) is 1.